The van der Waals surface area contributed by atoms with E-state index in [4.69, 9.17) is 19.9 Å². The highest BCUT2D eigenvalue weighted by Crippen LogP contribution is 2.29. The minimum absolute atomic E-state index is 0.0266. The minimum atomic E-state index is -5.08. The molecular weight excluding hydrogens is 443 g/mol. The van der Waals surface area contributed by atoms with E-state index in [-0.39, 0.29) is 18.0 Å². The first-order valence-corrected chi connectivity index (χ1v) is 9.84. The van der Waals surface area contributed by atoms with Gasteiger partial charge in [-0.05, 0) is 24.6 Å². The average Bonchev–Trinajstić information content (AvgIpc) is 3.38. The van der Waals surface area contributed by atoms with Crippen molar-refractivity contribution in [3.8, 4) is 17.3 Å². The van der Waals surface area contributed by atoms with E-state index in [0.717, 1.165) is 24.1 Å². The highest BCUT2D eigenvalue weighted by molar-refractivity contribution is 5.97. The number of halogens is 3. The summed E-state index contributed by atoms with van der Waals surface area (Å²) in [4.78, 5) is 32.3. The van der Waals surface area contributed by atoms with Crippen LogP contribution in [0.4, 0.5) is 13.2 Å². The lowest BCUT2D eigenvalue weighted by Gasteiger charge is -2.22. The number of alkyl halides is 3. The van der Waals surface area contributed by atoms with Gasteiger partial charge in [-0.25, -0.2) is 14.8 Å². The molecule has 2 aromatic heterocycles. The summed E-state index contributed by atoms with van der Waals surface area (Å²) in [6.45, 7) is 2.01. The van der Waals surface area contributed by atoms with E-state index in [1.54, 1.807) is 25.4 Å². The third-order valence-corrected chi connectivity index (χ3v) is 5.20. The Bertz CT molecular complexity index is 1090. The second kappa shape index (κ2) is 9.93. The highest BCUT2D eigenvalue weighted by Gasteiger charge is 2.39. The van der Waals surface area contributed by atoms with Gasteiger partial charge in [-0.1, -0.05) is 6.07 Å². The summed E-state index contributed by atoms with van der Waals surface area (Å²) >= 11 is 0. The summed E-state index contributed by atoms with van der Waals surface area (Å²) < 4.78 is 36.9. The monoisotopic (exact) mass is 463 g/mol. The number of methoxy groups -OCH3 is 1. The Kier molecular flexibility index (Phi) is 7.25. The quantitative estimate of drug-likeness (QED) is 0.705. The molecule has 174 valence electrons. The number of aromatic nitrogens is 2. The van der Waals surface area contributed by atoms with Gasteiger partial charge in [0, 0.05) is 49.6 Å². The van der Waals surface area contributed by atoms with Gasteiger partial charge in [0.25, 0.3) is 5.91 Å². The van der Waals surface area contributed by atoms with E-state index in [9.17, 15) is 18.0 Å². The Morgan fingerprint density at radius 1 is 1.39 bits per heavy atom. The molecule has 1 amide bonds. The minimum Gasteiger partial charge on any atom is -0.475 e. The topological polar surface area (TPSA) is 128 Å². The van der Waals surface area contributed by atoms with Crippen LogP contribution in [0, 0.1) is 11.3 Å². The molecule has 2 N–H and O–H groups in total. The van der Waals surface area contributed by atoms with Gasteiger partial charge in [0.05, 0.1) is 12.3 Å². The molecule has 4 rings (SSSR count). The maximum Gasteiger partial charge on any atom is 0.490 e. The molecule has 1 saturated heterocycles. The molecule has 0 saturated carbocycles. The van der Waals surface area contributed by atoms with Crippen LogP contribution in [-0.4, -0.2) is 70.4 Å². The largest absolute Gasteiger partial charge is 0.490 e. The fourth-order valence-corrected chi connectivity index (χ4v) is 3.66. The van der Waals surface area contributed by atoms with E-state index in [1.807, 2.05) is 23.1 Å². The lowest BCUT2D eigenvalue weighted by molar-refractivity contribution is -0.192. The normalized spacial score (nSPS) is 19.5. The lowest BCUT2D eigenvalue weighted by atomic mass is 10.1. The predicted octanol–water partition coefficient (Wildman–Crippen LogP) is 1.98. The van der Waals surface area contributed by atoms with Crippen molar-refractivity contribution >= 4 is 11.9 Å². The van der Waals surface area contributed by atoms with E-state index in [1.165, 1.54) is 0 Å². The van der Waals surface area contributed by atoms with Crippen LogP contribution < -0.4 is 5.32 Å². The van der Waals surface area contributed by atoms with Gasteiger partial charge in [0.15, 0.2) is 0 Å². The number of nitrogens with zero attached hydrogens (tertiary/aromatic N) is 4. The summed E-state index contributed by atoms with van der Waals surface area (Å²) in [5, 5.41) is 19.5. The molecule has 2 aliphatic heterocycles. The van der Waals surface area contributed by atoms with E-state index in [0.29, 0.717) is 30.2 Å². The number of rotatable bonds is 4. The maximum atomic E-state index is 12.9. The van der Waals surface area contributed by atoms with Crippen molar-refractivity contribution in [3.05, 3.63) is 47.4 Å². The molecular formula is C21H20F3N5O4. The van der Waals surface area contributed by atoms with E-state index in [2.05, 4.69) is 15.3 Å². The molecule has 0 unspecified atom stereocenters. The lowest BCUT2D eigenvalue weighted by Crippen LogP contribution is -2.37. The fraction of sp³-hybridized carbons (Fsp3) is 0.381. The van der Waals surface area contributed by atoms with Gasteiger partial charge in [0.2, 0.25) is 0 Å². The van der Waals surface area contributed by atoms with Crippen molar-refractivity contribution in [2.45, 2.75) is 31.2 Å². The van der Waals surface area contributed by atoms with Gasteiger partial charge in [0.1, 0.15) is 17.5 Å². The number of pyridine rings is 2. The van der Waals surface area contributed by atoms with Crippen molar-refractivity contribution in [1.29, 1.82) is 5.26 Å². The molecule has 0 radical (unpaired) electrons. The van der Waals surface area contributed by atoms with Crippen molar-refractivity contribution < 1.29 is 32.6 Å². The first-order chi connectivity index (χ1) is 15.6. The second-order valence-corrected chi connectivity index (χ2v) is 7.43. The SMILES string of the molecule is COC[C@@H]1C[C@@H](N2Cc3ccc(-c4ccnc(C#N)c4)nc3C2=O)CN1.O=C(O)C(F)(F)F. The molecule has 2 aliphatic rings. The van der Waals surface area contributed by atoms with Crippen LogP contribution in [-0.2, 0) is 16.1 Å². The molecule has 0 aliphatic carbocycles. The van der Waals surface area contributed by atoms with Crippen LogP contribution in [0.3, 0.4) is 0 Å². The van der Waals surface area contributed by atoms with Crippen LogP contribution in [0.5, 0.6) is 0 Å². The number of carbonyl (C=O) groups excluding carboxylic acids is 1. The number of hydrogen-bond donors (Lipinski definition) is 2. The zero-order valence-corrected chi connectivity index (χ0v) is 17.5. The maximum absolute atomic E-state index is 12.9. The molecule has 1 fully saturated rings. The standard InChI is InChI=1S/C19H19N5O2.C2HF3O2/c1-26-11-15-7-16(9-22-15)24-10-13-2-3-17(23-18(13)19(24)25)12-4-5-21-14(6-12)8-20;3-2(4,5)1(6)7/h2-6,15-16,22H,7,9-11H2,1H3;(H,6,7)/t15-,16+;/m0./s1. The molecule has 2 atom stereocenters. The van der Waals surface area contributed by atoms with Crippen LogP contribution in [0.25, 0.3) is 11.3 Å². The summed E-state index contributed by atoms with van der Waals surface area (Å²) in [5.74, 6) is -2.78. The Balaban J connectivity index is 0.000000383. The molecule has 12 heteroatoms. The van der Waals surface area contributed by atoms with Gasteiger partial charge < -0.3 is 20.1 Å². The number of amides is 1. The number of ether oxygens (including phenoxy) is 1. The summed E-state index contributed by atoms with van der Waals surface area (Å²) in [5.41, 5.74) is 3.25. The zero-order valence-electron chi connectivity index (χ0n) is 17.5. The van der Waals surface area contributed by atoms with E-state index >= 15 is 0 Å². The Hall–Kier alpha value is -3.56. The molecule has 9 nitrogen and oxygen atoms in total. The number of hydrogen-bond acceptors (Lipinski definition) is 7. The van der Waals surface area contributed by atoms with Crippen molar-refractivity contribution in [3.63, 3.8) is 0 Å². The van der Waals surface area contributed by atoms with Crippen LogP contribution in [0.2, 0.25) is 0 Å². The number of aliphatic carboxylic acids is 1. The van der Waals surface area contributed by atoms with Gasteiger partial charge in [-0.15, -0.1) is 0 Å². The third kappa shape index (κ3) is 5.63. The number of carbonyl (C=O) groups is 2. The molecule has 33 heavy (non-hydrogen) atoms. The third-order valence-electron chi connectivity index (χ3n) is 5.20. The van der Waals surface area contributed by atoms with Crippen LogP contribution >= 0.6 is 0 Å². The molecule has 0 bridgehead atoms. The number of nitrogens with one attached hydrogen (secondary N) is 1. The zero-order chi connectivity index (χ0) is 24.2. The number of fused-ring (bicyclic) bond motifs is 1. The van der Waals surface area contributed by atoms with Gasteiger partial charge >= 0.3 is 12.1 Å². The van der Waals surface area contributed by atoms with Gasteiger partial charge in [-0.3, -0.25) is 4.79 Å². The Labute approximate surface area is 186 Å². The first kappa shape index (κ1) is 24.1. The highest BCUT2D eigenvalue weighted by atomic mass is 19.4. The summed E-state index contributed by atoms with van der Waals surface area (Å²) in [7, 11) is 1.69. The van der Waals surface area contributed by atoms with E-state index < -0.39 is 12.1 Å². The van der Waals surface area contributed by atoms with Crippen molar-refractivity contribution in [2.75, 3.05) is 20.3 Å². The summed E-state index contributed by atoms with van der Waals surface area (Å²) in [6.07, 6.45) is -2.62. The molecule has 0 aromatic carbocycles. The Morgan fingerprint density at radius 3 is 2.76 bits per heavy atom. The van der Waals surface area contributed by atoms with Gasteiger partial charge in [-0.2, -0.15) is 18.4 Å². The number of carboxylic acids is 1. The molecule has 4 heterocycles. The number of carboxylic acid groups (broad SMARTS) is 1. The number of nitriles is 1. The van der Waals surface area contributed by atoms with Crippen molar-refractivity contribution in [2.24, 2.45) is 0 Å². The van der Waals surface area contributed by atoms with Crippen LogP contribution in [0.15, 0.2) is 30.5 Å². The first-order valence-electron chi connectivity index (χ1n) is 9.84. The summed E-state index contributed by atoms with van der Waals surface area (Å²) in [6, 6.07) is 9.80. The molecule has 0 spiro atoms. The fourth-order valence-electron chi connectivity index (χ4n) is 3.66. The van der Waals surface area contributed by atoms with Crippen LogP contribution in [0.1, 0.15) is 28.2 Å². The predicted molar refractivity (Wildman–Crippen MR) is 108 cm³/mol. The second-order valence-electron chi connectivity index (χ2n) is 7.43. The smallest absolute Gasteiger partial charge is 0.475 e. The van der Waals surface area contributed by atoms with Crippen molar-refractivity contribution in [1.82, 2.24) is 20.2 Å². The molecule has 2 aromatic rings. The Morgan fingerprint density at radius 2 is 2.12 bits per heavy atom. The average molecular weight is 463 g/mol.